The topological polar surface area (TPSA) is 111 Å². The Balaban J connectivity index is 1.61. The highest BCUT2D eigenvalue weighted by Gasteiger charge is 2.37. The third-order valence-electron chi connectivity index (χ3n) is 6.13. The van der Waals surface area contributed by atoms with Crippen LogP contribution in [0.25, 0.3) is 0 Å². The fourth-order valence-corrected chi connectivity index (χ4v) is 5.55. The molecule has 0 radical (unpaired) electrons. The normalized spacial score (nSPS) is 30.9. The number of ether oxygens (including phenoxy) is 2. The molecule has 1 aromatic rings. The molecule has 4 aliphatic rings. The number of rotatable bonds is 2. The van der Waals surface area contributed by atoms with Gasteiger partial charge in [0.05, 0.1) is 31.2 Å². The zero-order chi connectivity index (χ0) is 20.4. The number of carbonyl (C=O) groups excluding carboxylic acids is 1. The van der Waals surface area contributed by atoms with E-state index in [1.807, 2.05) is 6.07 Å². The third-order valence-corrected chi connectivity index (χ3v) is 6.86. The maximum Gasteiger partial charge on any atom is 0.260 e. The van der Waals surface area contributed by atoms with Gasteiger partial charge in [0.1, 0.15) is 0 Å². The van der Waals surface area contributed by atoms with Gasteiger partial charge in [-0.15, -0.1) is 5.10 Å². The van der Waals surface area contributed by atoms with Crippen molar-refractivity contribution in [1.29, 1.82) is 0 Å². The van der Waals surface area contributed by atoms with Crippen LogP contribution in [0.2, 0.25) is 0 Å². The molecule has 10 heteroatoms. The predicted octanol–water partition coefficient (Wildman–Crippen LogP) is 0.821. The Kier molecular flexibility index (Phi) is 6.03. The largest absolute Gasteiger partial charge is 0.466 e. The maximum absolute atomic E-state index is 13.0. The lowest BCUT2D eigenvalue weighted by Gasteiger charge is -2.41. The lowest BCUT2D eigenvalue weighted by Crippen LogP contribution is -2.59. The summed E-state index contributed by atoms with van der Waals surface area (Å²) >= 11 is 0. The van der Waals surface area contributed by atoms with E-state index in [-0.39, 0.29) is 30.7 Å². The van der Waals surface area contributed by atoms with Crippen molar-refractivity contribution in [2.45, 2.75) is 62.6 Å². The number of hydrogen-bond donors (Lipinski definition) is 1. The zero-order valence-electron chi connectivity index (χ0n) is 16.6. The van der Waals surface area contributed by atoms with Gasteiger partial charge in [-0.3, -0.25) is 4.79 Å². The molecule has 29 heavy (non-hydrogen) atoms. The number of sulfonamides is 1. The Hall–Kier alpha value is -1.78. The molecule has 9 nitrogen and oxygen atoms in total. The van der Waals surface area contributed by atoms with Crippen LogP contribution in [0, 0.1) is 0 Å². The molecule has 1 N–H and O–H groups in total. The Morgan fingerprint density at radius 2 is 2.00 bits per heavy atom. The van der Waals surface area contributed by atoms with Crippen molar-refractivity contribution in [3.63, 3.8) is 0 Å². The minimum atomic E-state index is -3.39. The van der Waals surface area contributed by atoms with Crippen molar-refractivity contribution >= 4 is 15.9 Å². The second-order valence-corrected chi connectivity index (χ2v) is 9.96. The molecule has 2 atom stereocenters. The van der Waals surface area contributed by atoms with Crippen molar-refractivity contribution in [3.05, 3.63) is 17.8 Å². The second-order valence-electron chi connectivity index (χ2n) is 8.18. The first-order valence-electron chi connectivity index (χ1n) is 10.2. The van der Waals surface area contributed by atoms with Gasteiger partial charge in [0, 0.05) is 18.2 Å². The molecule has 1 amide bonds. The van der Waals surface area contributed by atoms with Gasteiger partial charge in [0.15, 0.2) is 6.61 Å². The van der Waals surface area contributed by atoms with Gasteiger partial charge in [-0.25, -0.2) is 13.1 Å². The van der Waals surface area contributed by atoms with Gasteiger partial charge in [-0.2, -0.15) is 5.10 Å². The molecular formula is C19H28N4O5S. The maximum atomic E-state index is 13.0. The molecule has 2 bridgehead atoms. The first kappa shape index (κ1) is 20.5. The molecule has 160 valence electrons. The van der Waals surface area contributed by atoms with Gasteiger partial charge in [0.25, 0.3) is 5.91 Å². The smallest absolute Gasteiger partial charge is 0.260 e. The standard InChI is InChI=1S/C19H28N4O5S/c1-29(25,26)22-16-3-2-10-23-17(16)11-27-14-6-4-13(5-7-14)15-8-9-20-21-19(15)28-12-18(23)24/h8-9,13-14,16-17,22H,2-7,10-12H2,1H3/t13?,14?,16-,17-/m0/s1. The van der Waals surface area contributed by atoms with E-state index in [1.165, 1.54) is 0 Å². The van der Waals surface area contributed by atoms with E-state index in [9.17, 15) is 13.2 Å². The van der Waals surface area contributed by atoms with Crippen LogP contribution in [-0.2, 0) is 19.6 Å². The van der Waals surface area contributed by atoms with Crippen LogP contribution in [-0.4, -0.2) is 73.6 Å². The Morgan fingerprint density at radius 1 is 1.21 bits per heavy atom. The highest BCUT2D eigenvalue weighted by Crippen LogP contribution is 2.37. The van der Waals surface area contributed by atoms with Crippen LogP contribution in [0.4, 0.5) is 0 Å². The summed E-state index contributed by atoms with van der Waals surface area (Å²) in [6.07, 6.45) is 8.06. The highest BCUT2D eigenvalue weighted by molar-refractivity contribution is 7.88. The van der Waals surface area contributed by atoms with Crippen LogP contribution < -0.4 is 9.46 Å². The number of amides is 1. The average Bonchev–Trinajstić information content (AvgIpc) is 2.71. The highest BCUT2D eigenvalue weighted by atomic mass is 32.2. The molecular weight excluding hydrogens is 396 g/mol. The molecule has 1 saturated heterocycles. The lowest BCUT2D eigenvalue weighted by atomic mass is 9.83. The Labute approximate surface area is 171 Å². The monoisotopic (exact) mass is 424 g/mol. The number of aromatic nitrogens is 2. The second kappa shape index (κ2) is 8.53. The number of nitrogens with one attached hydrogen (secondary N) is 1. The minimum absolute atomic E-state index is 0.115. The van der Waals surface area contributed by atoms with Crippen molar-refractivity contribution < 1.29 is 22.7 Å². The molecule has 0 spiro atoms. The van der Waals surface area contributed by atoms with Gasteiger partial charge in [-0.1, -0.05) is 0 Å². The van der Waals surface area contributed by atoms with Crippen LogP contribution in [0.1, 0.15) is 50.0 Å². The average molecular weight is 425 g/mol. The number of carbonyl (C=O) groups is 1. The molecule has 3 aliphatic heterocycles. The summed E-state index contributed by atoms with van der Waals surface area (Å²) in [6.45, 7) is 0.726. The number of nitrogens with zero attached hydrogens (tertiary/aromatic N) is 3. The SMILES string of the molecule is CS(=O)(=O)N[C@H]1CCCN2C(=O)COc3nnccc3C3CCC(CC3)OC[C@@H]12. The van der Waals surface area contributed by atoms with E-state index in [1.54, 1.807) is 11.1 Å². The summed E-state index contributed by atoms with van der Waals surface area (Å²) in [5.74, 6) is 0.545. The summed E-state index contributed by atoms with van der Waals surface area (Å²) in [7, 11) is -3.39. The summed E-state index contributed by atoms with van der Waals surface area (Å²) in [6, 6.07) is 1.21. The van der Waals surface area contributed by atoms with Crippen molar-refractivity contribution in [1.82, 2.24) is 19.8 Å². The lowest BCUT2D eigenvalue weighted by molar-refractivity contribution is -0.140. The van der Waals surface area contributed by atoms with Crippen LogP contribution >= 0.6 is 0 Å². The molecule has 0 unspecified atom stereocenters. The molecule has 1 aromatic heterocycles. The minimum Gasteiger partial charge on any atom is -0.466 e. The van der Waals surface area contributed by atoms with Gasteiger partial charge < -0.3 is 14.4 Å². The van der Waals surface area contributed by atoms with Gasteiger partial charge >= 0.3 is 0 Å². The van der Waals surface area contributed by atoms with E-state index in [0.717, 1.165) is 43.9 Å². The van der Waals surface area contributed by atoms with Crippen molar-refractivity contribution in [2.75, 3.05) is 26.0 Å². The van der Waals surface area contributed by atoms with E-state index in [2.05, 4.69) is 14.9 Å². The summed E-state index contributed by atoms with van der Waals surface area (Å²) in [5, 5.41) is 8.05. The summed E-state index contributed by atoms with van der Waals surface area (Å²) in [5.41, 5.74) is 0.998. The van der Waals surface area contributed by atoms with Crippen molar-refractivity contribution in [2.24, 2.45) is 0 Å². The van der Waals surface area contributed by atoms with E-state index < -0.39 is 10.0 Å². The molecule has 1 aliphatic carbocycles. The van der Waals surface area contributed by atoms with Crippen LogP contribution in [0.3, 0.4) is 0 Å². The fourth-order valence-electron chi connectivity index (χ4n) is 4.72. The molecule has 2 fully saturated rings. The summed E-state index contributed by atoms with van der Waals surface area (Å²) < 4.78 is 38.4. The number of fused-ring (bicyclic) bond motifs is 5. The van der Waals surface area contributed by atoms with Crippen molar-refractivity contribution in [3.8, 4) is 5.88 Å². The molecule has 4 heterocycles. The quantitative estimate of drug-likeness (QED) is 0.748. The van der Waals surface area contributed by atoms with Gasteiger partial charge in [0.2, 0.25) is 15.9 Å². The summed E-state index contributed by atoms with van der Waals surface area (Å²) in [4.78, 5) is 14.7. The van der Waals surface area contributed by atoms with Crippen LogP contribution in [0.5, 0.6) is 5.88 Å². The van der Waals surface area contributed by atoms with E-state index in [4.69, 9.17) is 9.47 Å². The van der Waals surface area contributed by atoms with Crippen LogP contribution in [0.15, 0.2) is 12.3 Å². The third kappa shape index (κ3) is 4.87. The number of piperidine rings is 1. The first-order chi connectivity index (χ1) is 13.9. The zero-order valence-corrected chi connectivity index (χ0v) is 17.4. The van der Waals surface area contributed by atoms with E-state index in [0.29, 0.717) is 31.4 Å². The Morgan fingerprint density at radius 3 is 2.76 bits per heavy atom. The van der Waals surface area contributed by atoms with E-state index >= 15 is 0 Å². The molecule has 5 rings (SSSR count). The van der Waals surface area contributed by atoms with Gasteiger partial charge in [-0.05, 0) is 50.5 Å². The number of hydrogen-bond acceptors (Lipinski definition) is 7. The molecule has 1 saturated carbocycles. The fraction of sp³-hybridized carbons (Fsp3) is 0.737. The molecule has 0 aromatic carbocycles. The predicted molar refractivity (Wildman–Crippen MR) is 105 cm³/mol. The Bertz CT molecular complexity index is 841. The first-order valence-corrected chi connectivity index (χ1v) is 12.1.